The summed E-state index contributed by atoms with van der Waals surface area (Å²) in [5.74, 6) is 0.267. The number of amides is 1. The van der Waals surface area contributed by atoms with E-state index in [1.165, 1.54) is 0 Å². The number of para-hydroxylation sites is 1. The van der Waals surface area contributed by atoms with Crippen LogP contribution in [-0.2, 0) is 0 Å². The SMILES string of the molecule is CC(C)c1cc(C(=O)N[C@@H](c2cnc3ccccc3c2)C2CC(O)C2)on1. The number of hydrogen-bond acceptors (Lipinski definition) is 5. The number of benzene rings is 1. The Morgan fingerprint density at radius 3 is 2.74 bits per heavy atom. The van der Waals surface area contributed by atoms with Crippen LogP contribution in [0.15, 0.2) is 47.1 Å². The molecule has 0 saturated heterocycles. The Morgan fingerprint density at radius 1 is 1.26 bits per heavy atom. The van der Waals surface area contributed by atoms with Gasteiger partial charge >= 0.3 is 0 Å². The zero-order valence-corrected chi connectivity index (χ0v) is 15.4. The smallest absolute Gasteiger partial charge is 0.290 e. The quantitative estimate of drug-likeness (QED) is 0.721. The maximum atomic E-state index is 12.7. The van der Waals surface area contributed by atoms with Gasteiger partial charge in [-0.25, -0.2) is 0 Å². The summed E-state index contributed by atoms with van der Waals surface area (Å²) in [5.41, 5.74) is 2.60. The van der Waals surface area contributed by atoms with Gasteiger partial charge in [0.05, 0.1) is 23.4 Å². The van der Waals surface area contributed by atoms with Crippen LogP contribution in [0, 0.1) is 5.92 Å². The fraction of sp³-hybridized carbons (Fsp3) is 0.381. The highest BCUT2D eigenvalue weighted by Gasteiger charge is 2.36. The van der Waals surface area contributed by atoms with E-state index in [9.17, 15) is 9.90 Å². The molecule has 1 atom stereocenters. The van der Waals surface area contributed by atoms with Crippen molar-refractivity contribution < 1.29 is 14.4 Å². The van der Waals surface area contributed by atoms with Crippen LogP contribution in [0.3, 0.4) is 0 Å². The fourth-order valence-electron chi connectivity index (χ4n) is 3.51. The minimum Gasteiger partial charge on any atom is -0.393 e. The summed E-state index contributed by atoms with van der Waals surface area (Å²) in [4.78, 5) is 17.2. The van der Waals surface area contributed by atoms with Crippen LogP contribution < -0.4 is 5.32 Å². The predicted octanol–water partition coefficient (Wildman–Crippen LogP) is 3.59. The number of nitrogens with zero attached hydrogens (tertiary/aromatic N) is 2. The molecule has 1 aromatic carbocycles. The molecule has 1 amide bonds. The number of carbonyl (C=O) groups excluding carboxylic acids is 1. The largest absolute Gasteiger partial charge is 0.393 e. The lowest BCUT2D eigenvalue weighted by Crippen LogP contribution is -2.41. The third-order valence-corrected chi connectivity index (χ3v) is 5.22. The molecular weight excluding hydrogens is 342 g/mol. The van der Waals surface area contributed by atoms with Crippen LogP contribution in [-0.4, -0.2) is 27.3 Å². The maximum Gasteiger partial charge on any atom is 0.290 e. The highest BCUT2D eigenvalue weighted by molar-refractivity contribution is 5.91. The van der Waals surface area contributed by atoms with E-state index in [-0.39, 0.29) is 35.6 Å². The third-order valence-electron chi connectivity index (χ3n) is 5.22. The summed E-state index contributed by atoms with van der Waals surface area (Å²) >= 11 is 0. The van der Waals surface area contributed by atoms with Crippen molar-refractivity contribution in [3.8, 4) is 0 Å². The molecule has 4 rings (SSSR count). The van der Waals surface area contributed by atoms with Crippen LogP contribution in [0.1, 0.15) is 60.5 Å². The molecule has 27 heavy (non-hydrogen) atoms. The second-order valence-electron chi connectivity index (χ2n) is 7.57. The molecule has 0 unspecified atom stereocenters. The Balaban J connectivity index is 1.61. The summed E-state index contributed by atoms with van der Waals surface area (Å²) in [6.45, 7) is 4.00. The van der Waals surface area contributed by atoms with E-state index in [2.05, 4.69) is 21.5 Å². The van der Waals surface area contributed by atoms with Gasteiger partial charge in [-0.1, -0.05) is 37.2 Å². The highest BCUT2D eigenvalue weighted by Crippen LogP contribution is 2.38. The van der Waals surface area contributed by atoms with Gasteiger partial charge in [0.2, 0.25) is 5.76 Å². The van der Waals surface area contributed by atoms with Gasteiger partial charge in [0, 0.05) is 17.6 Å². The number of aliphatic hydroxyl groups is 1. The van der Waals surface area contributed by atoms with Gasteiger partial charge < -0.3 is 14.9 Å². The van der Waals surface area contributed by atoms with Gasteiger partial charge in [-0.15, -0.1) is 0 Å². The molecule has 3 aromatic rings. The first-order chi connectivity index (χ1) is 13.0. The summed E-state index contributed by atoms with van der Waals surface area (Å²) in [6, 6.07) is 11.4. The Morgan fingerprint density at radius 2 is 2.04 bits per heavy atom. The lowest BCUT2D eigenvalue weighted by molar-refractivity contribution is 0.0231. The monoisotopic (exact) mass is 365 g/mol. The van der Waals surface area contributed by atoms with Crippen molar-refractivity contribution in [2.75, 3.05) is 0 Å². The van der Waals surface area contributed by atoms with Gasteiger partial charge in [0.15, 0.2) is 0 Å². The molecule has 6 heteroatoms. The lowest BCUT2D eigenvalue weighted by atomic mass is 9.75. The van der Waals surface area contributed by atoms with E-state index < -0.39 is 0 Å². The molecular formula is C21H23N3O3. The Labute approximate surface area is 157 Å². The van der Waals surface area contributed by atoms with Crippen molar-refractivity contribution in [1.29, 1.82) is 0 Å². The van der Waals surface area contributed by atoms with Gasteiger partial charge in [-0.2, -0.15) is 0 Å². The highest BCUT2D eigenvalue weighted by atomic mass is 16.5. The fourth-order valence-corrected chi connectivity index (χ4v) is 3.51. The molecule has 6 nitrogen and oxygen atoms in total. The van der Waals surface area contributed by atoms with Gasteiger partial charge in [0.1, 0.15) is 0 Å². The normalized spacial score (nSPS) is 20.4. The number of fused-ring (bicyclic) bond motifs is 1. The van der Waals surface area contributed by atoms with Crippen molar-refractivity contribution in [2.24, 2.45) is 5.92 Å². The number of carbonyl (C=O) groups is 1. The maximum absolute atomic E-state index is 12.7. The molecule has 2 N–H and O–H groups in total. The lowest BCUT2D eigenvalue weighted by Gasteiger charge is -2.38. The van der Waals surface area contributed by atoms with E-state index in [0.717, 1.165) is 22.2 Å². The average molecular weight is 365 g/mol. The summed E-state index contributed by atoms with van der Waals surface area (Å²) < 4.78 is 5.22. The van der Waals surface area contributed by atoms with Crippen LogP contribution in [0.25, 0.3) is 10.9 Å². The number of pyridine rings is 1. The molecule has 2 heterocycles. The summed E-state index contributed by atoms with van der Waals surface area (Å²) in [7, 11) is 0. The van der Waals surface area contributed by atoms with Crippen LogP contribution in [0.5, 0.6) is 0 Å². The minimum absolute atomic E-state index is 0.166. The number of hydrogen-bond donors (Lipinski definition) is 2. The number of nitrogens with one attached hydrogen (secondary N) is 1. The first-order valence-corrected chi connectivity index (χ1v) is 9.31. The van der Waals surface area contributed by atoms with Crippen molar-refractivity contribution in [2.45, 2.75) is 44.8 Å². The number of aromatic nitrogens is 2. The molecule has 2 aromatic heterocycles. The second-order valence-corrected chi connectivity index (χ2v) is 7.57. The second kappa shape index (κ2) is 7.12. The summed E-state index contributed by atoms with van der Waals surface area (Å²) in [5, 5.41) is 17.8. The van der Waals surface area contributed by atoms with Crippen LogP contribution >= 0.6 is 0 Å². The molecule has 0 aliphatic heterocycles. The first kappa shape index (κ1) is 17.7. The third kappa shape index (κ3) is 3.57. The van der Waals surface area contributed by atoms with Gasteiger partial charge in [-0.3, -0.25) is 9.78 Å². The molecule has 1 aliphatic rings. The minimum atomic E-state index is -0.305. The van der Waals surface area contributed by atoms with E-state index in [1.54, 1.807) is 12.3 Å². The molecule has 0 radical (unpaired) electrons. The topological polar surface area (TPSA) is 88.2 Å². The van der Waals surface area contributed by atoms with E-state index in [0.29, 0.717) is 12.8 Å². The molecule has 1 fully saturated rings. The Hall–Kier alpha value is -2.73. The standard InChI is InChI=1S/C21H23N3O3/c1-12(2)18-10-19(27-24-18)21(26)23-20(14-8-16(25)9-14)15-7-13-5-3-4-6-17(13)22-11-15/h3-7,10-12,14,16,20,25H,8-9H2,1-2H3,(H,23,26)/t14?,16?,20-/m1/s1. The molecule has 1 aliphatic carbocycles. The van der Waals surface area contributed by atoms with Crippen molar-refractivity contribution >= 4 is 16.8 Å². The van der Waals surface area contributed by atoms with Gasteiger partial charge in [0.25, 0.3) is 5.91 Å². The van der Waals surface area contributed by atoms with Crippen molar-refractivity contribution in [3.05, 3.63) is 59.6 Å². The molecule has 0 bridgehead atoms. The predicted molar refractivity (Wildman–Crippen MR) is 101 cm³/mol. The summed E-state index contributed by atoms with van der Waals surface area (Å²) in [6.07, 6.45) is 2.81. The number of aliphatic hydroxyl groups excluding tert-OH is 1. The zero-order chi connectivity index (χ0) is 19.0. The first-order valence-electron chi connectivity index (χ1n) is 9.31. The molecule has 140 valence electrons. The Bertz CT molecular complexity index is 960. The van der Waals surface area contributed by atoms with E-state index in [4.69, 9.17) is 4.52 Å². The zero-order valence-electron chi connectivity index (χ0n) is 15.4. The molecule has 0 spiro atoms. The van der Waals surface area contributed by atoms with Crippen molar-refractivity contribution in [3.63, 3.8) is 0 Å². The van der Waals surface area contributed by atoms with E-state index >= 15 is 0 Å². The van der Waals surface area contributed by atoms with Gasteiger partial charge in [-0.05, 0) is 42.4 Å². The van der Waals surface area contributed by atoms with Crippen molar-refractivity contribution in [1.82, 2.24) is 15.5 Å². The average Bonchev–Trinajstić information content (AvgIpc) is 3.14. The van der Waals surface area contributed by atoms with E-state index in [1.807, 2.05) is 38.1 Å². The number of rotatable bonds is 5. The molecule has 1 saturated carbocycles. The van der Waals surface area contributed by atoms with Crippen LogP contribution in [0.2, 0.25) is 0 Å². The van der Waals surface area contributed by atoms with Crippen LogP contribution in [0.4, 0.5) is 0 Å². The Kier molecular flexibility index (Phi) is 4.66.